The zero-order valence-corrected chi connectivity index (χ0v) is 9.99. The standard InChI is InChI=1S/C11H18N2O3/c1-10(2,3)16-9(14)13-7-8(12-15)11(13)5-4-6-11/h15H,4-7H2,1-3H3/b12-8+. The molecule has 1 heterocycles. The van der Waals surface area contributed by atoms with Gasteiger partial charge in [0, 0.05) is 0 Å². The summed E-state index contributed by atoms with van der Waals surface area (Å²) in [5.41, 5.74) is -0.0878. The molecule has 1 aliphatic heterocycles. The van der Waals surface area contributed by atoms with Gasteiger partial charge in [-0.25, -0.2) is 4.79 Å². The molecule has 0 radical (unpaired) electrons. The van der Waals surface area contributed by atoms with E-state index in [1.54, 1.807) is 4.90 Å². The van der Waals surface area contributed by atoms with Gasteiger partial charge < -0.3 is 9.94 Å². The lowest BCUT2D eigenvalue weighted by atomic mass is 9.66. The summed E-state index contributed by atoms with van der Waals surface area (Å²) in [6, 6.07) is 0. The van der Waals surface area contributed by atoms with Crippen molar-refractivity contribution in [1.82, 2.24) is 4.90 Å². The molecule has 1 saturated carbocycles. The van der Waals surface area contributed by atoms with Gasteiger partial charge in [0.2, 0.25) is 0 Å². The van der Waals surface area contributed by atoms with E-state index in [-0.39, 0.29) is 11.6 Å². The van der Waals surface area contributed by atoms with Crippen molar-refractivity contribution >= 4 is 11.8 Å². The van der Waals surface area contributed by atoms with Crippen LogP contribution in [0.3, 0.4) is 0 Å². The van der Waals surface area contributed by atoms with Crippen LogP contribution in [0.4, 0.5) is 4.79 Å². The molecule has 1 saturated heterocycles. The SMILES string of the molecule is CC(C)(C)OC(=O)N1C/C(=N\O)C12CCC2. The first-order chi connectivity index (χ1) is 7.39. The van der Waals surface area contributed by atoms with E-state index in [0.717, 1.165) is 19.3 Å². The van der Waals surface area contributed by atoms with Crippen LogP contribution < -0.4 is 0 Å². The van der Waals surface area contributed by atoms with Gasteiger partial charge in [-0.3, -0.25) is 4.90 Å². The minimum Gasteiger partial charge on any atom is -0.444 e. The molecule has 16 heavy (non-hydrogen) atoms. The number of hydrogen-bond donors (Lipinski definition) is 1. The highest BCUT2D eigenvalue weighted by Gasteiger charge is 2.58. The first kappa shape index (κ1) is 11.2. The van der Waals surface area contributed by atoms with E-state index in [4.69, 9.17) is 9.94 Å². The van der Waals surface area contributed by atoms with Gasteiger partial charge in [0.05, 0.1) is 12.1 Å². The normalized spacial score (nSPS) is 25.2. The molecule has 0 bridgehead atoms. The highest BCUT2D eigenvalue weighted by Crippen LogP contribution is 2.45. The van der Waals surface area contributed by atoms with Crippen molar-refractivity contribution in [1.29, 1.82) is 0 Å². The number of rotatable bonds is 0. The summed E-state index contributed by atoms with van der Waals surface area (Å²) < 4.78 is 5.32. The Morgan fingerprint density at radius 2 is 2.12 bits per heavy atom. The maximum Gasteiger partial charge on any atom is 0.411 e. The summed E-state index contributed by atoms with van der Waals surface area (Å²) in [6.45, 7) is 5.93. The summed E-state index contributed by atoms with van der Waals surface area (Å²) in [5, 5.41) is 12.1. The number of nitrogens with zero attached hydrogens (tertiary/aromatic N) is 2. The molecular weight excluding hydrogens is 208 g/mol. The van der Waals surface area contributed by atoms with Gasteiger partial charge in [0.1, 0.15) is 11.3 Å². The third kappa shape index (κ3) is 1.54. The summed E-state index contributed by atoms with van der Waals surface area (Å²) in [5.74, 6) is 0. The minimum atomic E-state index is -0.478. The molecule has 2 rings (SSSR count). The van der Waals surface area contributed by atoms with E-state index >= 15 is 0 Å². The monoisotopic (exact) mass is 226 g/mol. The Morgan fingerprint density at radius 1 is 1.50 bits per heavy atom. The lowest BCUT2D eigenvalue weighted by Gasteiger charge is -2.57. The third-order valence-electron chi connectivity index (χ3n) is 3.28. The van der Waals surface area contributed by atoms with Crippen molar-refractivity contribution in [3.05, 3.63) is 0 Å². The van der Waals surface area contributed by atoms with Crippen molar-refractivity contribution < 1.29 is 14.7 Å². The van der Waals surface area contributed by atoms with Gasteiger partial charge in [0.15, 0.2) is 0 Å². The Bertz CT molecular complexity index is 340. The lowest BCUT2D eigenvalue weighted by molar-refractivity contribution is -0.0183. The zero-order chi connectivity index (χ0) is 12.0. The summed E-state index contributed by atoms with van der Waals surface area (Å²) >= 11 is 0. The van der Waals surface area contributed by atoms with Crippen molar-refractivity contribution in [3.8, 4) is 0 Å². The maximum atomic E-state index is 11.9. The van der Waals surface area contributed by atoms with E-state index in [2.05, 4.69) is 5.16 Å². The Hall–Kier alpha value is -1.26. The van der Waals surface area contributed by atoms with Crippen molar-refractivity contribution in [3.63, 3.8) is 0 Å². The fourth-order valence-corrected chi connectivity index (χ4v) is 2.26. The van der Waals surface area contributed by atoms with Gasteiger partial charge in [-0.15, -0.1) is 0 Å². The number of oxime groups is 1. The molecule has 90 valence electrons. The van der Waals surface area contributed by atoms with Gasteiger partial charge >= 0.3 is 6.09 Å². The first-order valence-corrected chi connectivity index (χ1v) is 5.61. The number of likely N-dealkylation sites (tertiary alicyclic amines) is 1. The van der Waals surface area contributed by atoms with Crippen LogP contribution in [0.25, 0.3) is 0 Å². The molecule has 2 aliphatic rings. The quantitative estimate of drug-likeness (QED) is 0.507. The second kappa shape index (κ2) is 3.37. The van der Waals surface area contributed by atoms with E-state index < -0.39 is 5.60 Å². The number of ether oxygens (including phenoxy) is 1. The first-order valence-electron chi connectivity index (χ1n) is 5.61. The van der Waals surface area contributed by atoms with Crippen LogP contribution in [-0.2, 0) is 4.74 Å². The van der Waals surface area contributed by atoms with E-state index in [1.807, 2.05) is 20.8 Å². The van der Waals surface area contributed by atoms with Gasteiger partial charge in [-0.1, -0.05) is 5.16 Å². The van der Waals surface area contributed by atoms with Crippen LogP contribution in [-0.4, -0.2) is 39.6 Å². The molecule has 1 aliphatic carbocycles. The summed E-state index contributed by atoms with van der Waals surface area (Å²) in [4.78, 5) is 13.6. The molecule has 0 aromatic carbocycles. The van der Waals surface area contributed by atoms with Crippen LogP contribution in [0.2, 0.25) is 0 Å². The third-order valence-corrected chi connectivity index (χ3v) is 3.28. The number of amides is 1. The maximum absolute atomic E-state index is 11.9. The number of carbonyl (C=O) groups excluding carboxylic acids is 1. The van der Waals surface area contributed by atoms with E-state index in [0.29, 0.717) is 12.3 Å². The van der Waals surface area contributed by atoms with Crippen LogP contribution in [0.15, 0.2) is 5.16 Å². The molecule has 1 spiro atoms. The van der Waals surface area contributed by atoms with Crippen molar-refractivity contribution in [2.75, 3.05) is 6.54 Å². The van der Waals surface area contributed by atoms with E-state index in [9.17, 15) is 4.79 Å². The molecule has 0 aromatic rings. The Kier molecular flexibility index (Phi) is 2.36. The topological polar surface area (TPSA) is 62.1 Å². The van der Waals surface area contributed by atoms with Crippen LogP contribution >= 0.6 is 0 Å². The van der Waals surface area contributed by atoms with Crippen molar-refractivity contribution in [2.45, 2.75) is 51.2 Å². The lowest BCUT2D eigenvalue weighted by Crippen LogP contribution is -2.73. The van der Waals surface area contributed by atoms with Gasteiger partial charge in [-0.2, -0.15) is 0 Å². The average molecular weight is 226 g/mol. The molecule has 1 amide bonds. The molecule has 0 aromatic heterocycles. The predicted octanol–water partition coefficient (Wildman–Crippen LogP) is 1.99. The molecule has 0 atom stereocenters. The molecule has 2 fully saturated rings. The smallest absolute Gasteiger partial charge is 0.411 e. The molecule has 0 unspecified atom stereocenters. The predicted molar refractivity (Wildman–Crippen MR) is 58.7 cm³/mol. The largest absolute Gasteiger partial charge is 0.444 e. The Morgan fingerprint density at radius 3 is 2.50 bits per heavy atom. The molecular formula is C11H18N2O3. The fourth-order valence-electron chi connectivity index (χ4n) is 2.26. The fraction of sp³-hybridized carbons (Fsp3) is 0.818. The zero-order valence-electron chi connectivity index (χ0n) is 9.99. The van der Waals surface area contributed by atoms with Crippen molar-refractivity contribution in [2.24, 2.45) is 5.16 Å². The van der Waals surface area contributed by atoms with Gasteiger partial charge in [-0.05, 0) is 40.0 Å². The Labute approximate surface area is 95.1 Å². The second-order valence-corrected chi connectivity index (χ2v) is 5.50. The second-order valence-electron chi connectivity index (χ2n) is 5.50. The average Bonchev–Trinajstić information content (AvgIpc) is 1.95. The van der Waals surface area contributed by atoms with Crippen LogP contribution in [0, 0.1) is 0 Å². The summed E-state index contributed by atoms with van der Waals surface area (Å²) in [6.07, 6.45) is 2.52. The molecule has 5 heteroatoms. The van der Waals surface area contributed by atoms with Crippen LogP contribution in [0.1, 0.15) is 40.0 Å². The highest BCUT2D eigenvalue weighted by atomic mass is 16.6. The number of carbonyl (C=O) groups is 1. The molecule has 1 N–H and O–H groups in total. The Balaban J connectivity index is 2.05. The molecule has 5 nitrogen and oxygen atoms in total. The van der Waals surface area contributed by atoms with E-state index in [1.165, 1.54) is 0 Å². The highest BCUT2D eigenvalue weighted by molar-refractivity contribution is 6.05. The van der Waals surface area contributed by atoms with Gasteiger partial charge in [0.25, 0.3) is 0 Å². The van der Waals surface area contributed by atoms with Crippen LogP contribution in [0.5, 0.6) is 0 Å². The number of hydrogen-bond acceptors (Lipinski definition) is 4. The minimum absolute atomic E-state index is 0.306. The summed E-state index contributed by atoms with van der Waals surface area (Å²) in [7, 11) is 0.